The molecule has 136 valence electrons. The third kappa shape index (κ3) is 3.09. The molecular weight excluding hydrogens is 346 g/mol. The maximum atomic E-state index is 5.41. The lowest BCUT2D eigenvalue weighted by atomic mass is 9.99. The van der Waals surface area contributed by atoms with E-state index < -0.39 is 0 Å². The van der Waals surface area contributed by atoms with E-state index in [0.717, 1.165) is 46.9 Å². The van der Waals surface area contributed by atoms with Crippen molar-refractivity contribution in [3.05, 3.63) is 30.5 Å². The van der Waals surface area contributed by atoms with Gasteiger partial charge in [-0.1, -0.05) is 13.0 Å². The van der Waals surface area contributed by atoms with Crippen molar-refractivity contribution >= 4 is 27.6 Å². The van der Waals surface area contributed by atoms with E-state index in [9.17, 15) is 0 Å². The van der Waals surface area contributed by atoms with Crippen molar-refractivity contribution in [1.82, 2.24) is 9.36 Å². The summed E-state index contributed by atoms with van der Waals surface area (Å²) in [5, 5.41) is 1.20. The maximum absolute atomic E-state index is 5.41. The average molecular weight is 369 g/mol. The number of piperidine rings is 1. The standard InChI is InChI=1S/C20H23N3O2S/c1-13-6-8-23(9-7-13)20-19-16(22-26-20)10-15(12-21-19)14-4-5-17(24-2)18(11-14)25-3/h4-5,10-13H,6-9H2,1-3H3. The molecule has 5 nitrogen and oxygen atoms in total. The largest absolute Gasteiger partial charge is 0.493 e. The van der Waals surface area contributed by atoms with Gasteiger partial charge in [-0.2, -0.15) is 4.37 Å². The summed E-state index contributed by atoms with van der Waals surface area (Å²) in [6.07, 6.45) is 4.40. The molecule has 0 amide bonds. The van der Waals surface area contributed by atoms with Gasteiger partial charge in [0.2, 0.25) is 0 Å². The van der Waals surface area contributed by atoms with Crippen LogP contribution >= 0.6 is 11.5 Å². The molecule has 6 heteroatoms. The van der Waals surface area contributed by atoms with E-state index in [1.54, 1.807) is 25.8 Å². The zero-order valence-corrected chi connectivity index (χ0v) is 16.2. The van der Waals surface area contributed by atoms with E-state index in [-0.39, 0.29) is 0 Å². The number of benzene rings is 1. The molecule has 0 aliphatic carbocycles. The number of rotatable bonds is 4. The Morgan fingerprint density at radius 1 is 1.04 bits per heavy atom. The highest BCUT2D eigenvalue weighted by atomic mass is 32.1. The maximum Gasteiger partial charge on any atom is 0.161 e. The lowest BCUT2D eigenvalue weighted by Crippen LogP contribution is -2.32. The Labute approximate surface area is 157 Å². The molecule has 0 atom stereocenters. The highest BCUT2D eigenvalue weighted by Gasteiger charge is 2.21. The van der Waals surface area contributed by atoms with Crippen LogP contribution < -0.4 is 14.4 Å². The van der Waals surface area contributed by atoms with Crippen molar-refractivity contribution in [1.29, 1.82) is 0 Å². The molecule has 26 heavy (non-hydrogen) atoms. The topological polar surface area (TPSA) is 47.5 Å². The van der Waals surface area contributed by atoms with E-state index in [0.29, 0.717) is 5.75 Å². The third-order valence-electron chi connectivity index (χ3n) is 5.09. The molecule has 0 spiro atoms. The van der Waals surface area contributed by atoms with Gasteiger partial charge in [-0.25, -0.2) is 0 Å². The molecule has 1 aromatic carbocycles. The number of hydrogen-bond donors (Lipinski definition) is 0. The summed E-state index contributed by atoms with van der Waals surface area (Å²) in [5.41, 5.74) is 4.03. The molecule has 3 heterocycles. The van der Waals surface area contributed by atoms with Gasteiger partial charge in [0.15, 0.2) is 11.5 Å². The number of anilines is 1. The Balaban J connectivity index is 1.67. The van der Waals surface area contributed by atoms with E-state index in [4.69, 9.17) is 14.5 Å². The average Bonchev–Trinajstić information content (AvgIpc) is 3.11. The van der Waals surface area contributed by atoms with E-state index in [1.165, 1.54) is 17.8 Å². The summed E-state index contributed by atoms with van der Waals surface area (Å²) in [4.78, 5) is 7.18. The Kier molecular flexibility index (Phi) is 4.68. The molecule has 0 saturated carbocycles. The molecule has 1 saturated heterocycles. The quantitative estimate of drug-likeness (QED) is 0.672. The van der Waals surface area contributed by atoms with E-state index in [1.807, 2.05) is 24.4 Å². The minimum atomic E-state index is 0.714. The second-order valence-corrected chi connectivity index (χ2v) is 7.57. The number of fused-ring (bicyclic) bond motifs is 1. The Hall–Kier alpha value is -2.34. The molecule has 1 aliphatic heterocycles. The van der Waals surface area contributed by atoms with Gasteiger partial charge in [0.1, 0.15) is 16.0 Å². The number of hydrogen-bond acceptors (Lipinski definition) is 6. The van der Waals surface area contributed by atoms with Crippen LogP contribution in [0.1, 0.15) is 19.8 Å². The summed E-state index contributed by atoms with van der Waals surface area (Å²) in [6.45, 7) is 4.52. The van der Waals surface area contributed by atoms with Crippen LogP contribution in [0.5, 0.6) is 11.5 Å². The molecule has 0 unspecified atom stereocenters. The smallest absolute Gasteiger partial charge is 0.161 e. The van der Waals surface area contributed by atoms with E-state index >= 15 is 0 Å². The summed E-state index contributed by atoms with van der Waals surface area (Å²) in [7, 11) is 3.29. The first-order chi connectivity index (χ1) is 12.7. The lowest BCUT2D eigenvalue weighted by molar-refractivity contribution is 0.355. The van der Waals surface area contributed by atoms with Gasteiger partial charge in [-0.3, -0.25) is 4.98 Å². The monoisotopic (exact) mass is 369 g/mol. The minimum Gasteiger partial charge on any atom is -0.493 e. The fourth-order valence-corrected chi connectivity index (χ4v) is 4.28. The van der Waals surface area contributed by atoms with Crippen LogP contribution in [0.2, 0.25) is 0 Å². The van der Waals surface area contributed by atoms with Gasteiger partial charge in [-0.15, -0.1) is 0 Å². The fourth-order valence-electron chi connectivity index (χ4n) is 3.42. The fraction of sp³-hybridized carbons (Fsp3) is 0.400. The van der Waals surface area contributed by atoms with Crippen molar-refractivity contribution in [2.75, 3.05) is 32.2 Å². The van der Waals surface area contributed by atoms with Gasteiger partial charge in [0.05, 0.1) is 14.2 Å². The zero-order valence-electron chi connectivity index (χ0n) is 15.4. The van der Waals surface area contributed by atoms with Crippen molar-refractivity contribution in [3.8, 4) is 22.6 Å². The Morgan fingerprint density at radius 3 is 2.54 bits per heavy atom. The molecule has 1 aliphatic rings. The molecule has 0 radical (unpaired) electrons. The van der Waals surface area contributed by atoms with Gasteiger partial charge in [-0.05, 0) is 54.1 Å². The predicted molar refractivity (Wildman–Crippen MR) is 107 cm³/mol. The number of aromatic nitrogens is 2. The van der Waals surface area contributed by atoms with Gasteiger partial charge in [0, 0.05) is 24.8 Å². The van der Waals surface area contributed by atoms with Crippen LogP contribution in [0.15, 0.2) is 30.5 Å². The number of nitrogens with zero attached hydrogens (tertiary/aromatic N) is 3. The van der Waals surface area contributed by atoms with Crippen molar-refractivity contribution < 1.29 is 9.47 Å². The van der Waals surface area contributed by atoms with Crippen LogP contribution in [-0.2, 0) is 0 Å². The molecule has 0 bridgehead atoms. The molecule has 2 aromatic heterocycles. The molecular formula is C20H23N3O2S. The normalized spacial score (nSPS) is 15.4. The van der Waals surface area contributed by atoms with Crippen LogP contribution in [0.3, 0.4) is 0 Å². The molecule has 3 aromatic rings. The van der Waals surface area contributed by atoms with Crippen molar-refractivity contribution in [2.45, 2.75) is 19.8 Å². The summed E-state index contributed by atoms with van der Waals surface area (Å²) in [5.74, 6) is 2.25. The van der Waals surface area contributed by atoms with Gasteiger partial charge in [0.25, 0.3) is 0 Å². The summed E-state index contributed by atoms with van der Waals surface area (Å²) >= 11 is 1.56. The molecule has 1 fully saturated rings. The van der Waals surface area contributed by atoms with Crippen molar-refractivity contribution in [2.24, 2.45) is 5.92 Å². The van der Waals surface area contributed by atoms with Crippen LogP contribution in [0.4, 0.5) is 5.00 Å². The Morgan fingerprint density at radius 2 is 1.81 bits per heavy atom. The number of pyridine rings is 1. The second-order valence-electron chi connectivity index (χ2n) is 6.82. The van der Waals surface area contributed by atoms with Crippen LogP contribution in [-0.4, -0.2) is 36.7 Å². The highest BCUT2D eigenvalue weighted by Crippen LogP contribution is 2.36. The van der Waals surface area contributed by atoms with Crippen LogP contribution in [0, 0.1) is 5.92 Å². The Bertz CT molecular complexity index is 917. The predicted octanol–water partition coefficient (Wildman–Crippen LogP) is 4.61. The first-order valence-electron chi connectivity index (χ1n) is 8.92. The second kappa shape index (κ2) is 7.11. The number of ether oxygens (including phenoxy) is 2. The third-order valence-corrected chi connectivity index (χ3v) is 6.00. The van der Waals surface area contributed by atoms with E-state index in [2.05, 4.69) is 22.3 Å². The molecule has 4 rings (SSSR count). The SMILES string of the molecule is COc1ccc(-c2cnc3c(N4CCC(C)CC4)snc3c2)cc1OC. The lowest BCUT2D eigenvalue weighted by Gasteiger charge is -2.30. The van der Waals surface area contributed by atoms with Gasteiger partial charge < -0.3 is 14.4 Å². The van der Waals surface area contributed by atoms with Crippen molar-refractivity contribution in [3.63, 3.8) is 0 Å². The highest BCUT2D eigenvalue weighted by molar-refractivity contribution is 7.11. The summed E-state index contributed by atoms with van der Waals surface area (Å²) < 4.78 is 15.4. The first kappa shape index (κ1) is 17.1. The molecule has 0 N–H and O–H groups in total. The van der Waals surface area contributed by atoms with Gasteiger partial charge >= 0.3 is 0 Å². The zero-order chi connectivity index (χ0) is 18.1. The number of methoxy groups -OCH3 is 2. The first-order valence-corrected chi connectivity index (χ1v) is 9.69. The summed E-state index contributed by atoms with van der Waals surface area (Å²) in [6, 6.07) is 8.01. The minimum absolute atomic E-state index is 0.714. The van der Waals surface area contributed by atoms with Crippen LogP contribution in [0.25, 0.3) is 22.2 Å².